The summed E-state index contributed by atoms with van der Waals surface area (Å²) in [6, 6.07) is 11.5. The monoisotopic (exact) mass is 330 g/mol. The van der Waals surface area contributed by atoms with Crippen LogP contribution in [0, 0.1) is 16.7 Å². The number of nitriles is 1. The van der Waals surface area contributed by atoms with Crippen molar-refractivity contribution < 1.29 is 14.3 Å². The van der Waals surface area contributed by atoms with Crippen LogP contribution in [0.4, 0.5) is 0 Å². The molecule has 6 heteroatoms. The molecule has 2 aliphatic heterocycles. The number of thioether (sulfide) groups is 1. The molecular formula is C17H18N2O3S. The van der Waals surface area contributed by atoms with E-state index in [1.165, 1.54) is 18.9 Å². The summed E-state index contributed by atoms with van der Waals surface area (Å²) in [6.45, 7) is 1.85. The van der Waals surface area contributed by atoms with Crippen LogP contribution in [0.2, 0.25) is 0 Å². The van der Waals surface area contributed by atoms with Crippen molar-refractivity contribution in [1.82, 2.24) is 4.90 Å². The topological polar surface area (TPSA) is 70.4 Å². The molecule has 0 N–H and O–H groups in total. The Labute approximate surface area is 139 Å². The van der Waals surface area contributed by atoms with E-state index in [0.717, 1.165) is 4.90 Å². The highest BCUT2D eigenvalue weighted by atomic mass is 32.2. The number of hydrogen-bond donors (Lipinski definition) is 0. The number of esters is 1. The summed E-state index contributed by atoms with van der Waals surface area (Å²) in [5.74, 6) is -0.677. The van der Waals surface area contributed by atoms with Crippen molar-refractivity contribution in [2.24, 2.45) is 5.41 Å². The maximum atomic E-state index is 12.7. The van der Waals surface area contributed by atoms with Gasteiger partial charge in [0.15, 0.2) is 10.3 Å². The van der Waals surface area contributed by atoms with Crippen molar-refractivity contribution in [1.29, 1.82) is 5.26 Å². The Morgan fingerprint density at radius 2 is 2.17 bits per heavy atom. The highest BCUT2D eigenvalue weighted by Crippen LogP contribution is 2.58. The molecule has 1 aromatic carbocycles. The first-order chi connectivity index (χ1) is 11.1. The van der Waals surface area contributed by atoms with Crippen LogP contribution in [-0.2, 0) is 14.3 Å². The Bertz CT molecular complexity index is 687. The van der Waals surface area contributed by atoms with Crippen LogP contribution in [0.15, 0.2) is 35.2 Å². The van der Waals surface area contributed by atoms with Crippen LogP contribution in [0.25, 0.3) is 0 Å². The summed E-state index contributed by atoms with van der Waals surface area (Å²) in [5, 5.41) is 9.49. The lowest BCUT2D eigenvalue weighted by Gasteiger charge is -2.53. The lowest BCUT2D eigenvalue weighted by molar-refractivity contribution is -0.174. The summed E-state index contributed by atoms with van der Waals surface area (Å²) >= 11 is 1.34. The zero-order chi connectivity index (χ0) is 16.7. The molecule has 23 heavy (non-hydrogen) atoms. The van der Waals surface area contributed by atoms with E-state index in [1.54, 1.807) is 4.90 Å². The summed E-state index contributed by atoms with van der Waals surface area (Å²) in [4.78, 5) is 26.7. The smallest absolute Gasteiger partial charge is 0.342 e. The molecule has 2 saturated heterocycles. The Hall–Kier alpha value is -2.00. The number of carbonyl (C=O) groups excluding carboxylic acids is 2. The van der Waals surface area contributed by atoms with Gasteiger partial charge >= 0.3 is 5.97 Å². The average molecular weight is 330 g/mol. The molecule has 1 amide bonds. The lowest BCUT2D eigenvalue weighted by atomic mass is 9.70. The fourth-order valence-electron chi connectivity index (χ4n) is 3.67. The third-order valence-corrected chi connectivity index (χ3v) is 6.33. The Kier molecular flexibility index (Phi) is 3.85. The minimum absolute atomic E-state index is 0.208. The summed E-state index contributed by atoms with van der Waals surface area (Å²) < 4.78 is 5.01. The zero-order valence-corrected chi connectivity index (χ0v) is 13.9. The second-order valence-electron chi connectivity index (χ2n) is 5.86. The van der Waals surface area contributed by atoms with Crippen molar-refractivity contribution in [2.75, 3.05) is 7.11 Å². The van der Waals surface area contributed by atoms with E-state index < -0.39 is 16.3 Å². The molecular weight excluding hydrogens is 312 g/mol. The Morgan fingerprint density at radius 3 is 2.74 bits per heavy atom. The molecule has 2 aliphatic rings. The van der Waals surface area contributed by atoms with Crippen LogP contribution >= 0.6 is 11.8 Å². The predicted molar refractivity (Wildman–Crippen MR) is 85.3 cm³/mol. The highest BCUT2D eigenvalue weighted by molar-refractivity contribution is 8.01. The van der Waals surface area contributed by atoms with E-state index in [9.17, 15) is 14.9 Å². The van der Waals surface area contributed by atoms with Gasteiger partial charge in [-0.2, -0.15) is 5.26 Å². The van der Waals surface area contributed by atoms with Gasteiger partial charge in [-0.3, -0.25) is 4.79 Å². The van der Waals surface area contributed by atoms with Crippen LogP contribution < -0.4 is 0 Å². The predicted octanol–water partition coefficient (Wildman–Crippen LogP) is 2.57. The van der Waals surface area contributed by atoms with Gasteiger partial charge in [0, 0.05) is 4.90 Å². The number of hydrogen-bond acceptors (Lipinski definition) is 5. The van der Waals surface area contributed by atoms with Crippen molar-refractivity contribution in [3.63, 3.8) is 0 Å². The highest BCUT2D eigenvalue weighted by Gasteiger charge is 2.71. The van der Waals surface area contributed by atoms with Crippen LogP contribution in [0.5, 0.6) is 0 Å². The van der Waals surface area contributed by atoms with Gasteiger partial charge in [-0.25, -0.2) is 4.79 Å². The third-order valence-electron chi connectivity index (χ3n) is 4.92. The number of amides is 1. The third kappa shape index (κ3) is 1.99. The van der Waals surface area contributed by atoms with E-state index in [1.807, 2.05) is 37.3 Å². The average Bonchev–Trinajstić information content (AvgIpc) is 2.93. The van der Waals surface area contributed by atoms with E-state index in [2.05, 4.69) is 6.07 Å². The first-order valence-corrected chi connectivity index (χ1v) is 8.45. The second kappa shape index (κ2) is 5.57. The van der Waals surface area contributed by atoms with Gasteiger partial charge in [0.25, 0.3) is 0 Å². The van der Waals surface area contributed by atoms with Crippen molar-refractivity contribution >= 4 is 23.6 Å². The van der Waals surface area contributed by atoms with Gasteiger partial charge in [0.1, 0.15) is 0 Å². The second-order valence-corrected chi connectivity index (χ2v) is 7.21. The molecule has 0 aliphatic carbocycles. The molecule has 0 saturated carbocycles. The van der Waals surface area contributed by atoms with E-state index in [-0.39, 0.29) is 11.9 Å². The van der Waals surface area contributed by atoms with Crippen molar-refractivity contribution in [3.05, 3.63) is 30.3 Å². The van der Waals surface area contributed by atoms with Gasteiger partial charge < -0.3 is 9.64 Å². The molecule has 2 fully saturated rings. The maximum Gasteiger partial charge on any atom is 0.342 e. The molecule has 0 spiro atoms. The maximum absolute atomic E-state index is 12.7. The molecule has 5 nitrogen and oxygen atoms in total. The molecule has 3 atom stereocenters. The molecule has 0 unspecified atom stereocenters. The number of ether oxygens (including phenoxy) is 1. The van der Waals surface area contributed by atoms with Gasteiger partial charge in [-0.15, -0.1) is 0 Å². The number of benzene rings is 1. The number of fused-ring (bicyclic) bond motifs is 1. The SMILES string of the molecule is CC[C@]1(C#N)C(=O)N2[C@@H]1CC[C@@]2(Sc1ccccc1)C(=O)OC. The lowest BCUT2D eigenvalue weighted by Crippen LogP contribution is -2.71. The number of carbonyl (C=O) groups is 2. The van der Waals surface area contributed by atoms with Crippen molar-refractivity contribution in [3.8, 4) is 6.07 Å². The van der Waals surface area contributed by atoms with E-state index >= 15 is 0 Å². The summed E-state index contributed by atoms with van der Waals surface area (Å²) in [5.41, 5.74) is -0.979. The van der Waals surface area contributed by atoms with Gasteiger partial charge in [0.2, 0.25) is 5.91 Å². The molecule has 120 valence electrons. The van der Waals surface area contributed by atoms with E-state index in [4.69, 9.17) is 4.74 Å². The number of β-lactam (4-membered cyclic amide) rings is 1. The summed E-state index contributed by atoms with van der Waals surface area (Å²) in [6.07, 6.45) is 1.61. The van der Waals surface area contributed by atoms with Crippen LogP contribution in [0.1, 0.15) is 26.2 Å². The Morgan fingerprint density at radius 1 is 1.48 bits per heavy atom. The largest absolute Gasteiger partial charge is 0.467 e. The number of rotatable bonds is 4. The minimum Gasteiger partial charge on any atom is -0.467 e. The fraction of sp³-hybridized carbons (Fsp3) is 0.471. The molecule has 3 rings (SSSR count). The summed E-state index contributed by atoms with van der Waals surface area (Å²) in [7, 11) is 1.34. The molecule has 0 radical (unpaired) electrons. The fourth-order valence-corrected chi connectivity index (χ4v) is 5.05. The molecule has 1 aromatic rings. The van der Waals surface area contributed by atoms with Gasteiger partial charge in [-0.05, 0) is 31.4 Å². The normalized spacial score (nSPS) is 32.0. The van der Waals surface area contributed by atoms with Crippen LogP contribution in [0.3, 0.4) is 0 Å². The number of nitrogens with zero attached hydrogens (tertiary/aromatic N) is 2. The van der Waals surface area contributed by atoms with Gasteiger partial charge in [0.05, 0.1) is 19.2 Å². The number of methoxy groups -OCH3 is 1. The minimum atomic E-state index is -1.06. The zero-order valence-electron chi connectivity index (χ0n) is 13.1. The van der Waals surface area contributed by atoms with Crippen LogP contribution in [-0.4, -0.2) is 34.8 Å². The van der Waals surface area contributed by atoms with E-state index in [0.29, 0.717) is 19.3 Å². The first kappa shape index (κ1) is 15.9. The molecule has 0 bridgehead atoms. The first-order valence-electron chi connectivity index (χ1n) is 7.63. The van der Waals surface area contributed by atoms with Gasteiger partial charge in [-0.1, -0.05) is 36.9 Å². The van der Waals surface area contributed by atoms with Crippen molar-refractivity contribution in [2.45, 2.75) is 42.0 Å². The standard InChI is InChI=1S/C17H18N2O3S/c1-3-16(11-18)13-9-10-17(15(21)22-2,19(13)14(16)20)23-12-7-5-4-6-8-12/h4-8,13H,3,9-10H2,1-2H3/t13-,16-,17-/m1/s1. The Balaban J connectivity index is 1.99. The molecule has 2 heterocycles. The molecule has 0 aromatic heterocycles. The quantitative estimate of drug-likeness (QED) is 0.627.